The van der Waals surface area contributed by atoms with E-state index in [9.17, 15) is 4.79 Å². The van der Waals surface area contributed by atoms with Crippen LogP contribution in [-0.4, -0.2) is 25.5 Å². The van der Waals surface area contributed by atoms with Gasteiger partial charge in [-0.15, -0.1) is 0 Å². The van der Waals surface area contributed by atoms with Gasteiger partial charge in [-0.05, 0) is 56.3 Å². The van der Waals surface area contributed by atoms with E-state index in [1.165, 1.54) is 38.5 Å². The molecule has 1 aliphatic heterocycles. The first-order valence-corrected chi connectivity index (χ1v) is 7.72. The van der Waals surface area contributed by atoms with E-state index in [1.807, 2.05) is 0 Å². The zero-order valence-electron chi connectivity index (χ0n) is 11.1. The number of rotatable bonds is 3. The lowest BCUT2D eigenvalue weighted by atomic mass is 9.49. The monoisotopic (exact) mass is 248 g/mol. The van der Waals surface area contributed by atoms with Crippen LogP contribution in [-0.2, 0) is 4.79 Å². The normalized spacial score (nSPS) is 45.9. The molecule has 18 heavy (non-hydrogen) atoms. The van der Waals surface area contributed by atoms with Gasteiger partial charge in [0.1, 0.15) is 0 Å². The summed E-state index contributed by atoms with van der Waals surface area (Å²) in [5, 5.41) is 6.53. The molecule has 4 bridgehead atoms. The minimum atomic E-state index is 0.0475. The third-order valence-corrected chi connectivity index (χ3v) is 5.94. The van der Waals surface area contributed by atoms with Crippen LogP contribution in [0.2, 0.25) is 0 Å². The Morgan fingerprint density at radius 1 is 1.06 bits per heavy atom. The molecule has 3 heteroatoms. The van der Waals surface area contributed by atoms with E-state index >= 15 is 0 Å². The summed E-state index contributed by atoms with van der Waals surface area (Å²) in [6.45, 7) is 3.07. The average molecular weight is 248 g/mol. The molecule has 5 aliphatic rings. The Bertz CT molecular complexity index is 326. The van der Waals surface area contributed by atoms with Crippen LogP contribution in [0.4, 0.5) is 0 Å². The van der Waals surface area contributed by atoms with Crippen LogP contribution in [0, 0.1) is 29.1 Å². The summed E-state index contributed by atoms with van der Waals surface area (Å²) in [6, 6.07) is 0. The van der Waals surface area contributed by atoms with Gasteiger partial charge in [0.25, 0.3) is 0 Å². The van der Waals surface area contributed by atoms with Crippen molar-refractivity contribution in [3.05, 3.63) is 0 Å². The lowest BCUT2D eigenvalue weighted by molar-refractivity contribution is -0.146. The molecule has 0 aromatic heterocycles. The summed E-state index contributed by atoms with van der Waals surface area (Å²) >= 11 is 0. The van der Waals surface area contributed by atoms with E-state index in [0.717, 1.165) is 37.4 Å². The van der Waals surface area contributed by atoms with Crippen molar-refractivity contribution in [1.82, 2.24) is 10.6 Å². The smallest absolute Gasteiger partial charge is 0.226 e. The highest BCUT2D eigenvalue weighted by molar-refractivity contribution is 5.83. The molecule has 0 aromatic rings. The van der Waals surface area contributed by atoms with Gasteiger partial charge in [-0.2, -0.15) is 0 Å². The van der Waals surface area contributed by atoms with Crippen LogP contribution in [0.3, 0.4) is 0 Å². The third kappa shape index (κ3) is 1.70. The molecule has 5 fully saturated rings. The van der Waals surface area contributed by atoms with E-state index in [1.54, 1.807) is 0 Å². The van der Waals surface area contributed by atoms with Crippen LogP contribution in [0.15, 0.2) is 0 Å². The largest absolute Gasteiger partial charge is 0.355 e. The second-order valence-electron chi connectivity index (χ2n) is 7.43. The molecule has 4 saturated carbocycles. The molecule has 0 radical (unpaired) electrons. The molecule has 2 N–H and O–H groups in total. The second-order valence-corrected chi connectivity index (χ2v) is 7.43. The van der Waals surface area contributed by atoms with Gasteiger partial charge < -0.3 is 10.6 Å². The molecule has 1 amide bonds. The predicted molar refractivity (Wildman–Crippen MR) is 70.0 cm³/mol. The fourth-order valence-electron chi connectivity index (χ4n) is 5.31. The van der Waals surface area contributed by atoms with E-state index in [4.69, 9.17) is 0 Å². The van der Waals surface area contributed by atoms with Gasteiger partial charge in [0.2, 0.25) is 5.91 Å². The Morgan fingerprint density at radius 3 is 2.06 bits per heavy atom. The van der Waals surface area contributed by atoms with Gasteiger partial charge in [-0.1, -0.05) is 0 Å². The van der Waals surface area contributed by atoms with E-state index in [2.05, 4.69) is 10.6 Å². The Labute approximate surface area is 109 Å². The highest BCUT2D eigenvalue weighted by Crippen LogP contribution is 2.60. The SMILES string of the molecule is O=C(NCC1CNC1)C12CC3CC(CC(C3)C1)C2. The molecular weight excluding hydrogens is 224 g/mol. The number of nitrogens with one attached hydrogen (secondary N) is 2. The highest BCUT2D eigenvalue weighted by atomic mass is 16.2. The first-order chi connectivity index (χ1) is 8.73. The molecule has 0 spiro atoms. The quantitative estimate of drug-likeness (QED) is 0.795. The molecule has 1 saturated heterocycles. The zero-order chi connectivity index (χ0) is 12.2. The molecule has 0 unspecified atom stereocenters. The number of carbonyl (C=O) groups excluding carboxylic acids is 1. The Hall–Kier alpha value is -0.570. The standard InChI is InChI=1S/C15H24N2O/c18-14(17-9-13-7-16-8-13)15-4-10-1-11(5-15)3-12(2-10)6-15/h10-13,16H,1-9H2,(H,17,18). The lowest BCUT2D eigenvalue weighted by Gasteiger charge is -2.55. The summed E-state index contributed by atoms with van der Waals surface area (Å²) < 4.78 is 0. The van der Waals surface area contributed by atoms with Crippen molar-refractivity contribution in [2.45, 2.75) is 38.5 Å². The van der Waals surface area contributed by atoms with Crippen molar-refractivity contribution >= 4 is 5.91 Å². The molecule has 4 aliphatic carbocycles. The fourth-order valence-corrected chi connectivity index (χ4v) is 5.31. The number of hydrogen-bond donors (Lipinski definition) is 2. The maximum absolute atomic E-state index is 12.6. The second kappa shape index (κ2) is 3.96. The molecule has 0 atom stereocenters. The van der Waals surface area contributed by atoms with Crippen molar-refractivity contribution in [3.63, 3.8) is 0 Å². The average Bonchev–Trinajstić information content (AvgIpc) is 2.24. The summed E-state index contributed by atoms with van der Waals surface area (Å²) in [5.41, 5.74) is 0.0475. The molecule has 5 rings (SSSR count). The molecule has 3 nitrogen and oxygen atoms in total. The predicted octanol–water partition coefficient (Wildman–Crippen LogP) is 1.54. The van der Waals surface area contributed by atoms with E-state index in [-0.39, 0.29) is 5.41 Å². The van der Waals surface area contributed by atoms with Gasteiger partial charge in [-0.25, -0.2) is 0 Å². The highest BCUT2D eigenvalue weighted by Gasteiger charge is 2.54. The van der Waals surface area contributed by atoms with Crippen LogP contribution >= 0.6 is 0 Å². The van der Waals surface area contributed by atoms with Gasteiger partial charge in [0.05, 0.1) is 0 Å². The maximum Gasteiger partial charge on any atom is 0.226 e. The number of amides is 1. The Kier molecular flexibility index (Phi) is 2.48. The number of hydrogen-bond acceptors (Lipinski definition) is 2. The van der Waals surface area contributed by atoms with Crippen LogP contribution in [0.25, 0.3) is 0 Å². The van der Waals surface area contributed by atoms with Crippen LogP contribution in [0.5, 0.6) is 0 Å². The van der Waals surface area contributed by atoms with Gasteiger partial charge in [0.15, 0.2) is 0 Å². The van der Waals surface area contributed by atoms with E-state index in [0.29, 0.717) is 11.8 Å². The van der Waals surface area contributed by atoms with Gasteiger partial charge >= 0.3 is 0 Å². The van der Waals surface area contributed by atoms with Gasteiger partial charge in [0, 0.05) is 31.0 Å². The summed E-state index contributed by atoms with van der Waals surface area (Å²) in [4.78, 5) is 12.6. The molecule has 0 aromatic carbocycles. The Morgan fingerprint density at radius 2 is 1.61 bits per heavy atom. The maximum atomic E-state index is 12.6. The van der Waals surface area contributed by atoms with Crippen molar-refractivity contribution in [3.8, 4) is 0 Å². The summed E-state index contributed by atoms with van der Waals surface area (Å²) in [5.74, 6) is 3.68. The number of carbonyl (C=O) groups is 1. The van der Waals surface area contributed by atoms with E-state index < -0.39 is 0 Å². The van der Waals surface area contributed by atoms with Crippen molar-refractivity contribution < 1.29 is 4.79 Å². The van der Waals surface area contributed by atoms with Gasteiger partial charge in [-0.3, -0.25) is 4.79 Å². The summed E-state index contributed by atoms with van der Waals surface area (Å²) in [6.07, 6.45) is 7.81. The van der Waals surface area contributed by atoms with Crippen molar-refractivity contribution in [1.29, 1.82) is 0 Å². The molecule has 100 valence electrons. The Balaban J connectivity index is 1.44. The van der Waals surface area contributed by atoms with Crippen LogP contribution in [0.1, 0.15) is 38.5 Å². The first-order valence-electron chi connectivity index (χ1n) is 7.72. The minimum Gasteiger partial charge on any atom is -0.355 e. The molecule has 1 heterocycles. The van der Waals surface area contributed by atoms with Crippen molar-refractivity contribution in [2.75, 3.05) is 19.6 Å². The van der Waals surface area contributed by atoms with Crippen molar-refractivity contribution in [2.24, 2.45) is 29.1 Å². The fraction of sp³-hybridized carbons (Fsp3) is 0.933. The molecular formula is C15H24N2O. The topological polar surface area (TPSA) is 41.1 Å². The summed E-state index contributed by atoms with van der Waals surface area (Å²) in [7, 11) is 0. The first kappa shape index (κ1) is 11.3. The lowest BCUT2D eigenvalue weighted by Crippen LogP contribution is -2.56. The third-order valence-electron chi connectivity index (χ3n) is 5.94. The van der Waals surface area contributed by atoms with Crippen LogP contribution < -0.4 is 10.6 Å². The zero-order valence-corrected chi connectivity index (χ0v) is 11.1. The minimum absolute atomic E-state index is 0.0475.